The van der Waals surface area contributed by atoms with Gasteiger partial charge in [-0.25, -0.2) is 0 Å². The van der Waals surface area contributed by atoms with E-state index < -0.39 is 0 Å². The molecule has 0 amide bonds. The van der Waals surface area contributed by atoms with Crippen LogP contribution in [0.5, 0.6) is 0 Å². The molecule has 0 spiro atoms. The highest BCUT2D eigenvalue weighted by Crippen LogP contribution is 2.13. The van der Waals surface area contributed by atoms with Crippen molar-refractivity contribution in [1.82, 2.24) is 14.9 Å². The predicted molar refractivity (Wildman–Crippen MR) is 79.1 cm³/mol. The lowest BCUT2D eigenvalue weighted by molar-refractivity contribution is 0.568. The van der Waals surface area contributed by atoms with Gasteiger partial charge in [0.2, 0.25) is 0 Å². The second-order valence-electron chi connectivity index (χ2n) is 4.96. The maximum absolute atomic E-state index is 4.04. The van der Waals surface area contributed by atoms with Gasteiger partial charge in [0.25, 0.3) is 0 Å². The molecule has 0 aliphatic rings. The molecule has 1 atom stereocenters. The molecule has 0 fully saturated rings. The van der Waals surface area contributed by atoms with Gasteiger partial charge >= 0.3 is 0 Å². The molecule has 1 N–H and O–H groups in total. The molecule has 2 aromatic rings. The Hall–Kier alpha value is -1.61. The first-order chi connectivity index (χ1) is 9.29. The van der Waals surface area contributed by atoms with Crippen molar-refractivity contribution in [2.24, 2.45) is 0 Å². The predicted octanol–water partition coefficient (Wildman–Crippen LogP) is 3.19. The molecule has 0 saturated carbocycles. The van der Waals surface area contributed by atoms with Gasteiger partial charge in [0.05, 0.1) is 0 Å². The minimum Gasteiger partial charge on any atom is -0.354 e. The summed E-state index contributed by atoms with van der Waals surface area (Å²) in [6.07, 6.45) is 10.3. The SMILES string of the molecule is CCCNC(C)c1ccn(CCc2ccncc2)c1. The van der Waals surface area contributed by atoms with Crippen LogP contribution in [0.25, 0.3) is 0 Å². The highest BCUT2D eigenvalue weighted by molar-refractivity contribution is 5.15. The molecule has 0 aliphatic heterocycles. The Labute approximate surface area is 115 Å². The molecular weight excluding hydrogens is 234 g/mol. The molecule has 19 heavy (non-hydrogen) atoms. The summed E-state index contributed by atoms with van der Waals surface area (Å²) in [5.41, 5.74) is 2.70. The van der Waals surface area contributed by atoms with Crippen molar-refractivity contribution in [3.8, 4) is 0 Å². The quantitative estimate of drug-likeness (QED) is 0.825. The summed E-state index contributed by atoms with van der Waals surface area (Å²) >= 11 is 0. The van der Waals surface area contributed by atoms with Gasteiger partial charge in [-0.15, -0.1) is 0 Å². The van der Waals surface area contributed by atoms with Crippen LogP contribution < -0.4 is 5.32 Å². The molecule has 0 bridgehead atoms. The molecule has 3 heteroatoms. The average molecular weight is 257 g/mol. The topological polar surface area (TPSA) is 29.9 Å². The zero-order valence-electron chi connectivity index (χ0n) is 11.8. The third-order valence-corrected chi connectivity index (χ3v) is 3.38. The largest absolute Gasteiger partial charge is 0.354 e. The number of pyridine rings is 1. The average Bonchev–Trinajstić information content (AvgIpc) is 2.92. The summed E-state index contributed by atoms with van der Waals surface area (Å²) in [4.78, 5) is 4.04. The van der Waals surface area contributed by atoms with E-state index >= 15 is 0 Å². The molecule has 0 aromatic carbocycles. The molecule has 0 aliphatic carbocycles. The van der Waals surface area contributed by atoms with Gasteiger partial charge < -0.3 is 9.88 Å². The zero-order chi connectivity index (χ0) is 13.5. The van der Waals surface area contributed by atoms with Crippen LogP contribution in [0, 0.1) is 0 Å². The fourth-order valence-corrected chi connectivity index (χ4v) is 2.14. The van der Waals surface area contributed by atoms with Crippen LogP contribution in [0.4, 0.5) is 0 Å². The Balaban J connectivity index is 1.87. The Morgan fingerprint density at radius 3 is 2.79 bits per heavy atom. The van der Waals surface area contributed by atoms with Crippen LogP contribution >= 0.6 is 0 Å². The minimum absolute atomic E-state index is 0.433. The van der Waals surface area contributed by atoms with Crippen molar-refractivity contribution in [1.29, 1.82) is 0 Å². The minimum atomic E-state index is 0.433. The molecule has 3 nitrogen and oxygen atoms in total. The van der Waals surface area contributed by atoms with Crippen molar-refractivity contribution in [2.75, 3.05) is 6.54 Å². The molecule has 0 radical (unpaired) electrons. The third-order valence-electron chi connectivity index (χ3n) is 3.38. The molecular formula is C16H23N3. The van der Waals surface area contributed by atoms with Crippen LogP contribution in [0.2, 0.25) is 0 Å². The Morgan fingerprint density at radius 1 is 1.26 bits per heavy atom. The molecule has 1 unspecified atom stereocenters. The Kier molecular flexibility index (Phi) is 5.16. The highest BCUT2D eigenvalue weighted by Gasteiger charge is 2.05. The van der Waals surface area contributed by atoms with E-state index in [2.05, 4.69) is 59.3 Å². The fourth-order valence-electron chi connectivity index (χ4n) is 2.14. The van der Waals surface area contributed by atoms with Crippen molar-refractivity contribution in [2.45, 2.75) is 39.3 Å². The third kappa shape index (κ3) is 4.21. The van der Waals surface area contributed by atoms with Gasteiger partial charge in [0, 0.05) is 37.4 Å². The second kappa shape index (κ2) is 7.10. The van der Waals surface area contributed by atoms with Gasteiger partial charge in [-0.1, -0.05) is 6.92 Å². The zero-order valence-corrected chi connectivity index (χ0v) is 11.8. The molecule has 0 saturated heterocycles. The number of aromatic nitrogens is 2. The van der Waals surface area contributed by atoms with Crippen molar-refractivity contribution < 1.29 is 0 Å². The number of nitrogens with zero attached hydrogens (tertiary/aromatic N) is 2. The molecule has 2 aromatic heterocycles. The summed E-state index contributed by atoms with van der Waals surface area (Å²) in [5.74, 6) is 0. The standard InChI is InChI=1S/C16H23N3/c1-3-8-18-14(2)16-7-12-19(13-16)11-6-15-4-9-17-10-5-15/h4-5,7,9-10,12-14,18H,3,6,8,11H2,1-2H3. The number of nitrogens with one attached hydrogen (secondary N) is 1. The summed E-state index contributed by atoms with van der Waals surface area (Å²) in [5, 5.41) is 3.51. The second-order valence-corrected chi connectivity index (χ2v) is 4.96. The number of aryl methyl sites for hydroxylation is 2. The van der Waals surface area contributed by atoms with Crippen LogP contribution in [-0.2, 0) is 13.0 Å². The summed E-state index contributed by atoms with van der Waals surface area (Å²) < 4.78 is 2.26. The lowest BCUT2D eigenvalue weighted by Gasteiger charge is -2.11. The van der Waals surface area contributed by atoms with Crippen molar-refractivity contribution in [3.05, 3.63) is 54.1 Å². The first kappa shape index (κ1) is 13.8. The first-order valence-electron chi connectivity index (χ1n) is 7.07. The maximum Gasteiger partial charge on any atom is 0.0306 e. The van der Waals surface area contributed by atoms with E-state index in [-0.39, 0.29) is 0 Å². The first-order valence-corrected chi connectivity index (χ1v) is 7.07. The van der Waals surface area contributed by atoms with E-state index in [0.29, 0.717) is 6.04 Å². The molecule has 2 rings (SSSR count). The summed E-state index contributed by atoms with van der Waals surface area (Å²) in [7, 11) is 0. The van der Waals surface area contributed by atoms with Gasteiger partial charge in [-0.3, -0.25) is 4.98 Å². The van der Waals surface area contributed by atoms with Crippen molar-refractivity contribution >= 4 is 0 Å². The number of hydrogen-bond donors (Lipinski definition) is 1. The van der Waals surface area contributed by atoms with E-state index in [0.717, 1.165) is 19.5 Å². The lowest BCUT2D eigenvalue weighted by Crippen LogP contribution is -2.18. The van der Waals surface area contributed by atoms with Gasteiger partial charge in [-0.05, 0) is 55.6 Å². The van der Waals surface area contributed by atoms with Crippen LogP contribution in [-0.4, -0.2) is 16.1 Å². The monoisotopic (exact) mass is 257 g/mol. The Bertz CT molecular complexity index is 476. The molecule has 2 heterocycles. The van der Waals surface area contributed by atoms with Crippen LogP contribution in [0.3, 0.4) is 0 Å². The Morgan fingerprint density at radius 2 is 2.05 bits per heavy atom. The van der Waals surface area contributed by atoms with Gasteiger partial charge in [0.15, 0.2) is 0 Å². The summed E-state index contributed by atoms with van der Waals surface area (Å²) in [6.45, 7) is 6.51. The normalized spacial score (nSPS) is 12.5. The summed E-state index contributed by atoms with van der Waals surface area (Å²) in [6, 6.07) is 6.80. The van der Waals surface area contributed by atoms with Crippen molar-refractivity contribution in [3.63, 3.8) is 0 Å². The number of hydrogen-bond acceptors (Lipinski definition) is 2. The fraction of sp³-hybridized carbons (Fsp3) is 0.438. The van der Waals surface area contributed by atoms with E-state index in [9.17, 15) is 0 Å². The lowest BCUT2D eigenvalue weighted by atomic mass is 10.2. The van der Waals surface area contributed by atoms with Crippen LogP contribution in [0.1, 0.15) is 37.4 Å². The highest BCUT2D eigenvalue weighted by atomic mass is 15.0. The smallest absolute Gasteiger partial charge is 0.0306 e. The maximum atomic E-state index is 4.04. The van der Waals surface area contributed by atoms with E-state index in [4.69, 9.17) is 0 Å². The van der Waals surface area contributed by atoms with E-state index in [1.54, 1.807) is 0 Å². The van der Waals surface area contributed by atoms with Gasteiger partial charge in [0.1, 0.15) is 0 Å². The van der Waals surface area contributed by atoms with Gasteiger partial charge in [-0.2, -0.15) is 0 Å². The number of rotatable bonds is 7. The van der Waals surface area contributed by atoms with E-state index in [1.165, 1.54) is 17.5 Å². The van der Waals surface area contributed by atoms with Crippen LogP contribution in [0.15, 0.2) is 43.0 Å². The van der Waals surface area contributed by atoms with E-state index in [1.807, 2.05) is 12.4 Å². The molecule has 102 valence electrons.